The van der Waals surface area contributed by atoms with Gasteiger partial charge in [0, 0.05) is 0 Å². The Morgan fingerprint density at radius 3 is 1.79 bits per heavy atom. The van der Waals surface area contributed by atoms with Gasteiger partial charge in [0.1, 0.15) is 0 Å². The quantitative estimate of drug-likeness (QED) is 0.530. The summed E-state index contributed by atoms with van der Waals surface area (Å²) in [5, 5.41) is 0. The van der Waals surface area contributed by atoms with Gasteiger partial charge in [0.2, 0.25) is 0 Å². The number of rotatable bonds is 6. The van der Waals surface area contributed by atoms with Crippen molar-refractivity contribution in [2.24, 2.45) is 23.7 Å². The molecule has 0 radical (unpaired) electrons. The predicted octanol–water partition coefficient (Wildman–Crippen LogP) is 4.91. The second kappa shape index (κ2) is 7.09. The number of allylic oxidation sites excluding steroid dienone is 2. The summed E-state index contributed by atoms with van der Waals surface area (Å²) in [6.45, 7) is 13.8. The summed E-state index contributed by atoms with van der Waals surface area (Å²) >= 11 is 0. The Bertz CT molecular complexity index is 155. The van der Waals surface area contributed by atoms with Crippen LogP contribution in [0.1, 0.15) is 54.4 Å². The third-order valence-corrected chi connectivity index (χ3v) is 3.41. The van der Waals surface area contributed by atoms with Crippen LogP contribution in [0.5, 0.6) is 0 Å². The number of hydrogen-bond acceptors (Lipinski definition) is 0. The van der Waals surface area contributed by atoms with E-state index in [1.165, 1.54) is 12.8 Å². The monoisotopic (exact) mass is 196 g/mol. The van der Waals surface area contributed by atoms with Gasteiger partial charge in [-0.1, -0.05) is 66.5 Å². The van der Waals surface area contributed by atoms with Crippen LogP contribution < -0.4 is 0 Å². The van der Waals surface area contributed by atoms with Crippen molar-refractivity contribution in [3.63, 3.8) is 0 Å². The first-order chi connectivity index (χ1) is 6.49. The average Bonchev–Trinajstić information content (AvgIpc) is 2.13. The van der Waals surface area contributed by atoms with Gasteiger partial charge in [0.25, 0.3) is 0 Å². The molecule has 0 fully saturated rings. The first-order valence-electron chi connectivity index (χ1n) is 6.17. The van der Waals surface area contributed by atoms with Gasteiger partial charge in [-0.05, 0) is 23.7 Å². The maximum Gasteiger partial charge on any atom is -0.0236 e. The molecule has 3 atom stereocenters. The molecular formula is C14H28. The largest absolute Gasteiger partial charge is 0.0852 e. The molecule has 0 aliphatic carbocycles. The summed E-state index contributed by atoms with van der Waals surface area (Å²) < 4.78 is 0. The summed E-state index contributed by atoms with van der Waals surface area (Å²) in [6.07, 6.45) is 7.45. The minimum absolute atomic E-state index is 0.714. The fourth-order valence-electron chi connectivity index (χ4n) is 1.48. The third-order valence-electron chi connectivity index (χ3n) is 3.41. The van der Waals surface area contributed by atoms with Gasteiger partial charge < -0.3 is 0 Å². The minimum Gasteiger partial charge on any atom is -0.0852 e. The fraction of sp³-hybridized carbons (Fsp3) is 0.857. The molecule has 0 nitrogen and oxygen atoms in total. The summed E-state index contributed by atoms with van der Waals surface area (Å²) in [7, 11) is 0. The Morgan fingerprint density at radius 1 is 0.857 bits per heavy atom. The summed E-state index contributed by atoms with van der Waals surface area (Å²) in [6, 6.07) is 0. The van der Waals surface area contributed by atoms with Crippen LogP contribution in [0.15, 0.2) is 12.2 Å². The molecule has 84 valence electrons. The van der Waals surface area contributed by atoms with Crippen LogP contribution in [-0.4, -0.2) is 0 Å². The Kier molecular flexibility index (Phi) is 6.96. The molecule has 0 rings (SSSR count). The van der Waals surface area contributed by atoms with Gasteiger partial charge in [0.15, 0.2) is 0 Å². The topological polar surface area (TPSA) is 0 Å². The molecule has 0 aliphatic rings. The second-order valence-corrected chi connectivity index (χ2v) is 5.11. The van der Waals surface area contributed by atoms with Crippen molar-refractivity contribution in [1.29, 1.82) is 0 Å². The van der Waals surface area contributed by atoms with Gasteiger partial charge in [-0.25, -0.2) is 0 Å². The number of hydrogen-bond donors (Lipinski definition) is 0. The van der Waals surface area contributed by atoms with E-state index in [0.29, 0.717) is 5.92 Å². The van der Waals surface area contributed by atoms with Crippen molar-refractivity contribution in [3.05, 3.63) is 12.2 Å². The minimum atomic E-state index is 0.714. The van der Waals surface area contributed by atoms with Gasteiger partial charge in [0.05, 0.1) is 0 Å². The smallest absolute Gasteiger partial charge is 0.0236 e. The molecule has 0 heterocycles. The Hall–Kier alpha value is -0.260. The molecule has 0 aromatic carbocycles. The van der Waals surface area contributed by atoms with E-state index in [-0.39, 0.29) is 0 Å². The molecule has 0 bridgehead atoms. The predicted molar refractivity (Wildman–Crippen MR) is 66.4 cm³/mol. The molecule has 0 spiro atoms. The lowest BCUT2D eigenvalue weighted by Crippen LogP contribution is -2.06. The summed E-state index contributed by atoms with van der Waals surface area (Å²) in [4.78, 5) is 0. The SMILES string of the molecule is CCCC(C)C(C)C=CC(C)C(C)C. The van der Waals surface area contributed by atoms with Crippen LogP contribution >= 0.6 is 0 Å². The zero-order chi connectivity index (χ0) is 11.1. The van der Waals surface area contributed by atoms with Crippen molar-refractivity contribution in [3.8, 4) is 0 Å². The van der Waals surface area contributed by atoms with E-state index >= 15 is 0 Å². The van der Waals surface area contributed by atoms with E-state index in [1.807, 2.05) is 0 Å². The highest BCUT2D eigenvalue weighted by atomic mass is 14.1. The van der Waals surface area contributed by atoms with Crippen molar-refractivity contribution >= 4 is 0 Å². The Morgan fingerprint density at radius 2 is 1.36 bits per heavy atom. The molecule has 0 aliphatic heterocycles. The molecule has 14 heavy (non-hydrogen) atoms. The molecule has 3 unspecified atom stereocenters. The molecule has 0 aromatic rings. The molecule has 0 N–H and O–H groups in total. The van der Waals surface area contributed by atoms with Crippen molar-refractivity contribution < 1.29 is 0 Å². The second-order valence-electron chi connectivity index (χ2n) is 5.11. The molecule has 0 heteroatoms. The summed E-state index contributed by atoms with van der Waals surface area (Å²) in [5.74, 6) is 3.04. The Balaban J connectivity index is 3.97. The first-order valence-corrected chi connectivity index (χ1v) is 6.17. The normalized spacial score (nSPS) is 18.8. The van der Waals surface area contributed by atoms with E-state index in [0.717, 1.165) is 17.8 Å². The third kappa shape index (κ3) is 5.47. The van der Waals surface area contributed by atoms with Gasteiger partial charge in [-0.2, -0.15) is 0 Å². The van der Waals surface area contributed by atoms with E-state index in [4.69, 9.17) is 0 Å². The van der Waals surface area contributed by atoms with Crippen LogP contribution in [0.25, 0.3) is 0 Å². The lowest BCUT2D eigenvalue weighted by Gasteiger charge is -2.17. The zero-order valence-corrected chi connectivity index (χ0v) is 10.9. The molecular weight excluding hydrogens is 168 g/mol. The van der Waals surface area contributed by atoms with E-state index in [1.54, 1.807) is 0 Å². The van der Waals surface area contributed by atoms with Crippen LogP contribution in [0, 0.1) is 23.7 Å². The molecule has 0 saturated heterocycles. The van der Waals surface area contributed by atoms with Gasteiger partial charge in [-0.3, -0.25) is 0 Å². The zero-order valence-electron chi connectivity index (χ0n) is 10.9. The van der Waals surface area contributed by atoms with Gasteiger partial charge in [-0.15, -0.1) is 0 Å². The van der Waals surface area contributed by atoms with Crippen LogP contribution in [-0.2, 0) is 0 Å². The highest BCUT2D eigenvalue weighted by molar-refractivity contribution is 4.92. The highest BCUT2D eigenvalue weighted by Crippen LogP contribution is 2.20. The fourth-order valence-corrected chi connectivity index (χ4v) is 1.48. The van der Waals surface area contributed by atoms with E-state index < -0.39 is 0 Å². The van der Waals surface area contributed by atoms with Crippen molar-refractivity contribution in [2.75, 3.05) is 0 Å². The maximum absolute atomic E-state index is 2.41. The molecule has 0 saturated carbocycles. The van der Waals surface area contributed by atoms with Crippen LogP contribution in [0.2, 0.25) is 0 Å². The van der Waals surface area contributed by atoms with E-state index in [2.05, 4.69) is 53.7 Å². The lowest BCUT2D eigenvalue weighted by molar-refractivity contribution is 0.418. The van der Waals surface area contributed by atoms with Gasteiger partial charge >= 0.3 is 0 Å². The maximum atomic E-state index is 2.41. The first kappa shape index (κ1) is 13.7. The van der Waals surface area contributed by atoms with Crippen LogP contribution in [0.4, 0.5) is 0 Å². The summed E-state index contributed by atoms with van der Waals surface area (Å²) in [5.41, 5.74) is 0. The van der Waals surface area contributed by atoms with Crippen LogP contribution in [0.3, 0.4) is 0 Å². The highest BCUT2D eigenvalue weighted by Gasteiger charge is 2.09. The van der Waals surface area contributed by atoms with Crippen molar-refractivity contribution in [2.45, 2.75) is 54.4 Å². The molecule has 0 aromatic heterocycles. The Labute approximate surface area is 90.8 Å². The lowest BCUT2D eigenvalue weighted by atomic mass is 9.89. The van der Waals surface area contributed by atoms with E-state index in [9.17, 15) is 0 Å². The average molecular weight is 196 g/mol. The molecule has 0 amide bonds. The standard InChI is InChI=1S/C14H28/c1-7-8-13(5)14(6)10-9-12(4)11(2)3/h9-14H,7-8H2,1-6H3. The van der Waals surface area contributed by atoms with Crippen molar-refractivity contribution in [1.82, 2.24) is 0 Å².